The van der Waals surface area contributed by atoms with E-state index < -0.39 is 10.0 Å². The average molecular weight is 335 g/mol. The van der Waals surface area contributed by atoms with E-state index in [2.05, 4.69) is 0 Å². The predicted molar refractivity (Wildman–Crippen MR) is 85.7 cm³/mol. The SMILES string of the molecule is CS(=O)(=O)N1CCCC(CSc2ccc(N)cc2Cl)C1. The molecule has 4 nitrogen and oxygen atoms in total. The van der Waals surface area contributed by atoms with Crippen LogP contribution in [0, 0.1) is 5.92 Å². The third-order valence-corrected chi connectivity index (χ3v) is 6.38. The Hall–Kier alpha value is -0.430. The second-order valence-corrected chi connectivity index (χ2v) is 8.58. The zero-order valence-corrected chi connectivity index (χ0v) is 13.8. The van der Waals surface area contributed by atoms with E-state index in [1.54, 1.807) is 22.1 Å². The summed E-state index contributed by atoms with van der Waals surface area (Å²) in [5, 5.41) is 0.658. The van der Waals surface area contributed by atoms with Gasteiger partial charge in [-0.3, -0.25) is 0 Å². The van der Waals surface area contributed by atoms with E-state index in [1.165, 1.54) is 6.26 Å². The summed E-state index contributed by atoms with van der Waals surface area (Å²) >= 11 is 7.81. The van der Waals surface area contributed by atoms with Crippen molar-refractivity contribution in [1.82, 2.24) is 4.31 Å². The van der Waals surface area contributed by atoms with E-state index in [-0.39, 0.29) is 0 Å². The van der Waals surface area contributed by atoms with Crippen LogP contribution in [0.25, 0.3) is 0 Å². The number of thioether (sulfide) groups is 1. The molecule has 0 aliphatic carbocycles. The molecule has 1 heterocycles. The van der Waals surface area contributed by atoms with Crippen molar-refractivity contribution >= 4 is 39.1 Å². The van der Waals surface area contributed by atoms with Crippen molar-refractivity contribution in [2.24, 2.45) is 5.92 Å². The van der Waals surface area contributed by atoms with E-state index in [9.17, 15) is 8.42 Å². The number of hydrogen-bond donors (Lipinski definition) is 1. The zero-order chi connectivity index (χ0) is 14.8. The van der Waals surface area contributed by atoms with Crippen LogP contribution in [0.2, 0.25) is 5.02 Å². The summed E-state index contributed by atoms with van der Waals surface area (Å²) in [7, 11) is -3.07. The molecule has 1 unspecified atom stereocenters. The van der Waals surface area contributed by atoms with Gasteiger partial charge in [0.2, 0.25) is 10.0 Å². The molecular formula is C13H19ClN2O2S2. The standard InChI is InChI=1S/C13H19ClN2O2S2/c1-20(17,18)16-6-2-3-10(8-16)9-19-13-5-4-11(15)7-12(13)14/h4-5,7,10H,2-3,6,8-9,15H2,1H3. The van der Waals surface area contributed by atoms with Gasteiger partial charge in [0.05, 0.1) is 11.3 Å². The number of anilines is 1. The summed E-state index contributed by atoms with van der Waals surface area (Å²) in [4.78, 5) is 0.998. The van der Waals surface area contributed by atoms with Gasteiger partial charge in [-0.15, -0.1) is 11.8 Å². The molecule has 0 amide bonds. The van der Waals surface area contributed by atoms with Crippen molar-refractivity contribution in [1.29, 1.82) is 0 Å². The fraction of sp³-hybridized carbons (Fsp3) is 0.538. The molecule has 2 rings (SSSR count). The van der Waals surface area contributed by atoms with Crippen molar-refractivity contribution in [2.75, 3.05) is 30.8 Å². The molecule has 20 heavy (non-hydrogen) atoms. The van der Waals surface area contributed by atoms with Crippen molar-refractivity contribution in [2.45, 2.75) is 17.7 Å². The van der Waals surface area contributed by atoms with Crippen molar-refractivity contribution in [3.8, 4) is 0 Å². The van der Waals surface area contributed by atoms with E-state index in [0.29, 0.717) is 29.7 Å². The number of nitrogen functional groups attached to an aromatic ring is 1. The first-order valence-corrected chi connectivity index (χ1v) is 9.70. The number of piperidine rings is 1. The van der Waals surface area contributed by atoms with Gasteiger partial charge in [0.1, 0.15) is 0 Å². The number of halogens is 1. The molecule has 1 aliphatic heterocycles. The molecule has 7 heteroatoms. The third kappa shape index (κ3) is 4.28. The largest absolute Gasteiger partial charge is 0.399 e. The van der Waals surface area contributed by atoms with Crippen LogP contribution in [0.4, 0.5) is 5.69 Å². The Morgan fingerprint density at radius 3 is 2.90 bits per heavy atom. The highest BCUT2D eigenvalue weighted by molar-refractivity contribution is 7.99. The van der Waals surface area contributed by atoms with E-state index >= 15 is 0 Å². The number of nitrogens with two attached hydrogens (primary N) is 1. The first-order chi connectivity index (χ1) is 9.36. The van der Waals surface area contributed by atoms with Gasteiger partial charge in [-0.05, 0) is 37.0 Å². The number of hydrogen-bond acceptors (Lipinski definition) is 4. The Labute approximate surface area is 129 Å². The lowest BCUT2D eigenvalue weighted by Crippen LogP contribution is -2.39. The third-order valence-electron chi connectivity index (χ3n) is 3.38. The highest BCUT2D eigenvalue weighted by Gasteiger charge is 2.25. The lowest BCUT2D eigenvalue weighted by Gasteiger charge is -2.30. The molecule has 1 aromatic rings. The first kappa shape index (κ1) is 15.9. The Balaban J connectivity index is 1.94. The number of benzene rings is 1. The molecule has 0 bridgehead atoms. The lowest BCUT2D eigenvalue weighted by atomic mass is 10.0. The van der Waals surface area contributed by atoms with Gasteiger partial charge in [-0.25, -0.2) is 12.7 Å². The Bertz CT molecular complexity index is 578. The molecule has 0 aromatic heterocycles. The lowest BCUT2D eigenvalue weighted by molar-refractivity contribution is 0.286. The summed E-state index contributed by atoms with van der Waals surface area (Å²) in [6, 6.07) is 5.49. The molecule has 1 fully saturated rings. The van der Waals surface area contributed by atoms with Gasteiger partial charge >= 0.3 is 0 Å². The van der Waals surface area contributed by atoms with Crippen molar-refractivity contribution in [3.05, 3.63) is 23.2 Å². The van der Waals surface area contributed by atoms with Gasteiger partial charge in [0, 0.05) is 29.4 Å². The van der Waals surface area contributed by atoms with Gasteiger partial charge < -0.3 is 5.73 Å². The topological polar surface area (TPSA) is 63.4 Å². The normalized spacial score (nSPS) is 21.0. The monoisotopic (exact) mass is 334 g/mol. The quantitative estimate of drug-likeness (QED) is 0.679. The van der Waals surface area contributed by atoms with Crippen LogP contribution in [0.5, 0.6) is 0 Å². The predicted octanol–water partition coefficient (Wildman–Crippen LogP) is 2.69. The van der Waals surface area contributed by atoms with Crippen molar-refractivity contribution in [3.63, 3.8) is 0 Å². The Morgan fingerprint density at radius 2 is 2.25 bits per heavy atom. The fourth-order valence-electron chi connectivity index (χ4n) is 2.31. The van der Waals surface area contributed by atoms with Gasteiger partial charge in [0.15, 0.2) is 0 Å². The van der Waals surface area contributed by atoms with Crippen LogP contribution >= 0.6 is 23.4 Å². The second-order valence-electron chi connectivity index (χ2n) is 5.13. The van der Waals surface area contributed by atoms with Gasteiger partial charge in [0.25, 0.3) is 0 Å². The second kappa shape index (κ2) is 6.56. The van der Waals surface area contributed by atoms with Crippen LogP contribution in [-0.4, -0.2) is 37.8 Å². The van der Waals surface area contributed by atoms with Crippen LogP contribution in [0.3, 0.4) is 0 Å². The number of rotatable bonds is 4. The minimum atomic E-state index is -3.07. The molecule has 112 valence electrons. The van der Waals surface area contributed by atoms with E-state index in [0.717, 1.165) is 23.5 Å². The molecule has 1 saturated heterocycles. The number of sulfonamides is 1. The molecule has 0 saturated carbocycles. The molecular weight excluding hydrogens is 316 g/mol. The highest BCUT2D eigenvalue weighted by Crippen LogP contribution is 2.32. The molecule has 1 aromatic carbocycles. The molecule has 0 radical (unpaired) electrons. The van der Waals surface area contributed by atoms with Gasteiger partial charge in [-0.2, -0.15) is 0 Å². The summed E-state index contributed by atoms with van der Waals surface area (Å²) < 4.78 is 24.7. The maximum absolute atomic E-state index is 11.6. The Kier molecular flexibility index (Phi) is 5.23. The Morgan fingerprint density at radius 1 is 1.50 bits per heavy atom. The first-order valence-electron chi connectivity index (χ1n) is 6.49. The smallest absolute Gasteiger partial charge is 0.211 e. The molecule has 2 N–H and O–H groups in total. The molecule has 0 spiro atoms. The van der Waals surface area contributed by atoms with E-state index in [1.807, 2.05) is 12.1 Å². The summed E-state index contributed by atoms with van der Waals surface area (Å²) in [6.07, 6.45) is 3.26. The fourth-order valence-corrected chi connectivity index (χ4v) is 4.65. The molecule has 1 aliphatic rings. The zero-order valence-electron chi connectivity index (χ0n) is 11.4. The van der Waals surface area contributed by atoms with Crippen molar-refractivity contribution < 1.29 is 8.42 Å². The van der Waals surface area contributed by atoms with E-state index in [4.69, 9.17) is 17.3 Å². The van der Waals surface area contributed by atoms with Gasteiger partial charge in [-0.1, -0.05) is 11.6 Å². The average Bonchev–Trinajstić information content (AvgIpc) is 2.37. The summed E-state index contributed by atoms with van der Waals surface area (Å²) in [6.45, 7) is 1.25. The summed E-state index contributed by atoms with van der Waals surface area (Å²) in [5.74, 6) is 1.24. The molecule has 1 atom stereocenters. The van der Waals surface area contributed by atoms with Crippen LogP contribution in [-0.2, 0) is 10.0 Å². The minimum Gasteiger partial charge on any atom is -0.399 e. The van der Waals surface area contributed by atoms with Crippen LogP contribution in [0.15, 0.2) is 23.1 Å². The minimum absolute atomic E-state index is 0.372. The number of nitrogens with zero attached hydrogens (tertiary/aromatic N) is 1. The maximum atomic E-state index is 11.6. The maximum Gasteiger partial charge on any atom is 0.211 e. The van der Waals surface area contributed by atoms with Crippen LogP contribution < -0.4 is 5.73 Å². The highest BCUT2D eigenvalue weighted by atomic mass is 35.5. The van der Waals surface area contributed by atoms with Crippen LogP contribution in [0.1, 0.15) is 12.8 Å². The summed E-state index contributed by atoms with van der Waals surface area (Å²) in [5.41, 5.74) is 6.32.